The van der Waals surface area contributed by atoms with Crippen LogP contribution in [-0.2, 0) is 5.41 Å². The first-order valence-corrected chi connectivity index (χ1v) is 10.8. The van der Waals surface area contributed by atoms with Crippen molar-refractivity contribution >= 4 is 39.3 Å². The molecule has 0 amide bonds. The third-order valence-corrected chi connectivity index (χ3v) is 6.16. The van der Waals surface area contributed by atoms with E-state index in [0.717, 1.165) is 21.5 Å². The van der Waals surface area contributed by atoms with Crippen LogP contribution in [0.4, 0.5) is 11.5 Å². The summed E-state index contributed by atoms with van der Waals surface area (Å²) < 4.78 is 0. The number of nitrogens with one attached hydrogen (secondary N) is 2. The fraction of sp³-hybridized carbons (Fsp3) is 0.409. The number of hydrogen-bond donors (Lipinski definition) is 4. The summed E-state index contributed by atoms with van der Waals surface area (Å²) in [7, 11) is 0. The van der Waals surface area contributed by atoms with Crippen molar-refractivity contribution in [1.82, 2.24) is 9.97 Å². The Hall–Kier alpha value is -2.55. The monoisotopic (exact) mass is 427 g/mol. The number of fused-ring (bicyclic) bond motifs is 1. The van der Waals surface area contributed by atoms with Crippen LogP contribution >= 0.6 is 11.3 Å². The molecular formula is C22H29N5O2S. The largest absolute Gasteiger partial charge is 0.396 e. The van der Waals surface area contributed by atoms with Crippen molar-refractivity contribution in [3.8, 4) is 0 Å². The molecule has 1 aromatic carbocycles. The molecule has 0 radical (unpaired) electrons. The van der Waals surface area contributed by atoms with Gasteiger partial charge in [0.05, 0.1) is 11.6 Å². The molecule has 4 N–H and O–H groups in total. The predicted octanol–water partition coefficient (Wildman–Crippen LogP) is 3.98. The van der Waals surface area contributed by atoms with Gasteiger partial charge in [0.25, 0.3) is 0 Å². The average Bonchev–Trinajstić information content (AvgIpc) is 3.16. The lowest BCUT2D eigenvalue weighted by Gasteiger charge is -2.18. The van der Waals surface area contributed by atoms with E-state index in [0.29, 0.717) is 18.7 Å². The molecular weight excluding hydrogens is 398 g/mol. The summed E-state index contributed by atoms with van der Waals surface area (Å²) >= 11 is 1.68. The third kappa shape index (κ3) is 5.75. The Kier molecular flexibility index (Phi) is 7.36. The lowest BCUT2D eigenvalue weighted by molar-refractivity contribution is 0.248. The molecule has 0 unspecified atom stereocenters. The maximum absolute atomic E-state index is 9.13. The van der Waals surface area contributed by atoms with Crippen LogP contribution in [0.2, 0.25) is 0 Å². The van der Waals surface area contributed by atoms with Crippen LogP contribution in [-0.4, -0.2) is 45.7 Å². The number of nitrogens with zero attached hydrogens (tertiary/aromatic N) is 3. The molecule has 30 heavy (non-hydrogen) atoms. The Bertz CT molecular complexity index is 973. The van der Waals surface area contributed by atoms with Crippen LogP contribution < -0.4 is 10.7 Å². The first-order valence-electron chi connectivity index (χ1n) is 10.0. The lowest BCUT2D eigenvalue weighted by atomic mass is 9.94. The van der Waals surface area contributed by atoms with Crippen LogP contribution in [0.5, 0.6) is 0 Å². The average molecular weight is 428 g/mol. The highest BCUT2D eigenvalue weighted by atomic mass is 32.1. The molecule has 3 aromatic rings. The highest BCUT2D eigenvalue weighted by molar-refractivity contribution is 7.18. The number of rotatable bonds is 9. The second-order valence-electron chi connectivity index (χ2n) is 8.16. The predicted molar refractivity (Wildman–Crippen MR) is 125 cm³/mol. The van der Waals surface area contributed by atoms with Crippen LogP contribution in [0.15, 0.2) is 41.8 Å². The van der Waals surface area contributed by atoms with E-state index in [9.17, 15) is 0 Å². The Morgan fingerprint density at radius 1 is 1.10 bits per heavy atom. The zero-order valence-electron chi connectivity index (χ0n) is 17.6. The number of aromatic nitrogens is 2. The Morgan fingerprint density at radius 2 is 1.80 bits per heavy atom. The fourth-order valence-electron chi connectivity index (χ4n) is 2.98. The van der Waals surface area contributed by atoms with Crippen LogP contribution in [0, 0.1) is 0 Å². The van der Waals surface area contributed by atoms with Gasteiger partial charge in [-0.25, -0.2) is 9.97 Å². The molecule has 0 fully saturated rings. The number of benzene rings is 1. The van der Waals surface area contributed by atoms with Gasteiger partial charge >= 0.3 is 0 Å². The van der Waals surface area contributed by atoms with Crippen LogP contribution in [0.1, 0.15) is 44.1 Å². The van der Waals surface area contributed by atoms with E-state index in [1.807, 2.05) is 24.3 Å². The maximum Gasteiger partial charge on any atom is 0.158 e. The highest BCUT2D eigenvalue weighted by Crippen LogP contribution is 2.35. The Morgan fingerprint density at radius 3 is 2.43 bits per heavy atom. The van der Waals surface area contributed by atoms with Crippen molar-refractivity contribution in [2.75, 3.05) is 24.0 Å². The quantitative estimate of drug-likeness (QED) is 0.304. The van der Waals surface area contributed by atoms with Gasteiger partial charge in [-0.1, -0.05) is 32.9 Å². The molecule has 0 saturated carbocycles. The molecule has 2 heterocycles. The number of hydrogen-bond acceptors (Lipinski definition) is 8. The summed E-state index contributed by atoms with van der Waals surface area (Å²) in [5.74, 6) is 0.692. The minimum absolute atomic E-state index is 0.0463. The van der Waals surface area contributed by atoms with Gasteiger partial charge in [-0.05, 0) is 42.0 Å². The van der Waals surface area contributed by atoms with E-state index in [1.165, 1.54) is 4.88 Å². The summed E-state index contributed by atoms with van der Waals surface area (Å²) in [6.07, 6.45) is 4.49. The Labute approximate surface area is 180 Å². The molecule has 0 spiro atoms. The number of thiophene rings is 1. The zero-order valence-corrected chi connectivity index (χ0v) is 18.4. The van der Waals surface area contributed by atoms with Gasteiger partial charge in [-0.3, -0.25) is 5.43 Å². The lowest BCUT2D eigenvalue weighted by Crippen LogP contribution is -2.22. The van der Waals surface area contributed by atoms with Crippen molar-refractivity contribution < 1.29 is 10.2 Å². The number of anilines is 2. The number of hydrazone groups is 1. The van der Waals surface area contributed by atoms with E-state index in [4.69, 9.17) is 10.2 Å². The van der Waals surface area contributed by atoms with E-state index in [1.54, 1.807) is 23.9 Å². The van der Waals surface area contributed by atoms with E-state index in [2.05, 4.69) is 52.6 Å². The molecule has 0 aliphatic carbocycles. The minimum Gasteiger partial charge on any atom is -0.396 e. The Balaban J connectivity index is 1.66. The van der Waals surface area contributed by atoms with Crippen molar-refractivity contribution in [3.05, 3.63) is 47.1 Å². The topological polar surface area (TPSA) is 103 Å². The van der Waals surface area contributed by atoms with Gasteiger partial charge in [0.15, 0.2) is 5.82 Å². The first kappa shape index (κ1) is 22.1. The second-order valence-corrected chi connectivity index (χ2v) is 9.19. The maximum atomic E-state index is 9.13. The molecule has 8 heteroatoms. The van der Waals surface area contributed by atoms with E-state index < -0.39 is 0 Å². The third-order valence-electron chi connectivity index (χ3n) is 4.69. The van der Waals surface area contributed by atoms with Gasteiger partial charge in [-0.2, -0.15) is 5.10 Å². The molecule has 0 aliphatic rings. The van der Waals surface area contributed by atoms with Crippen molar-refractivity contribution in [1.29, 1.82) is 0 Å². The van der Waals surface area contributed by atoms with E-state index in [-0.39, 0.29) is 24.7 Å². The summed E-state index contributed by atoms with van der Waals surface area (Å²) in [6.45, 7) is 6.73. The van der Waals surface area contributed by atoms with Gasteiger partial charge in [-0.15, -0.1) is 11.3 Å². The van der Waals surface area contributed by atoms with Crippen molar-refractivity contribution in [2.24, 2.45) is 5.10 Å². The highest BCUT2D eigenvalue weighted by Gasteiger charge is 2.18. The minimum atomic E-state index is 0.0463. The molecule has 7 nitrogen and oxygen atoms in total. The van der Waals surface area contributed by atoms with Gasteiger partial charge in [0, 0.05) is 29.8 Å². The summed E-state index contributed by atoms with van der Waals surface area (Å²) in [4.78, 5) is 10.9. The molecule has 0 bridgehead atoms. The van der Waals surface area contributed by atoms with Crippen LogP contribution in [0.3, 0.4) is 0 Å². The number of aliphatic hydroxyl groups is 2. The van der Waals surface area contributed by atoms with Crippen LogP contribution in [0.25, 0.3) is 10.2 Å². The first-order chi connectivity index (χ1) is 14.4. The van der Waals surface area contributed by atoms with Gasteiger partial charge < -0.3 is 15.5 Å². The van der Waals surface area contributed by atoms with Crippen molar-refractivity contribution in [2.45, 2.75) is 45.1 Å². The molecule has 3 rings (SSSR count). The second kappa shape index (κ2) is 9.97. The smallest absolute Gasteiger partial charge is 0.158 e. The summed E-state index contributed by atoms with van der Waals surface area (Å²) in [6, 6.07) is 10.0. The fourth-order valence-corrected chi connectivity index (χ4v) is 4.04. The molecule has 160 valence electrons. The zero-order chi connectivity index (χ0) is 21.6. The van der Waals surface area contributed by atoms with Gasteiger partial charge in [0.2, 0.25) is 0 Å². The molecule has 2 aromatic heterocycles. The van der Waals surface area contributed by atoms with Gasteiger partial charge in [0.1, 0.15) is 11.2 Å². The van der Waals surface area contributed by atoms with E-state index >= 15 is 0 Å². The normalized spacial score (nSPS) is 12.2. The summed E-state index contributed by atoms with van der Waals surface area (Å²) in [5, 5.41) is 26.9. The van der Waals surface area contributed by atoms with Crippen molar-refractivity contribution in [3.63, 3.8) is 0 Å². The summed E-state index contributed by atoms with van der Waals surface area (Å²) in [5.41, 5.74) is 4.99. The molecule has 0 atom stereocenters. The molecule has 0 saturated heterocycles. The molecule has 0 aliphatic heterocycles. The number of aliphatic hydroxyl groups excluding tert-OH is 2. The SMILES string of the molecule is CC(C)(C)c1cc2c(NN=Cc3ccc(NC(CCO)CCO)cc3)ncnc2s1. The standard InChI is InChI=1S/C22H29N5O2S/c1-22(2,3)19-12-18-20(23-14-24-21(18)30-19)27-25-13-15-4-6-16(7-5-15)26-17(8-10-28)9-11-29/h4-7,12-14,17,26,28-29H,8-11H2,1-3H3,(H,23,24,27).